The first-order chi connectivity index (χ1) is 9.02. The lowest BCUT2D eigenvalue weighted by molar-refractivity contribution is 0.597. The molecule has 1 aromatic heterocycles. The summed E-state index contributed by atoms with van der Waals surface area (Å²) in [6, 6.07) is 6.39. The number of halogens is 3. The molecule has 2 rings (SSSR count). The second-order valence-electron chi connectivity index (χ2n) is 4.23. The van der Waals surface area contributed by atoms with Crippen molar-refractivity contribution in [1.82, 2.24) is 5.32 Å². The first-order valence-corrected chi connectivity index (χ1v) is 7.62. The Balaban J connectivity index is 2.35. The number of hydrogen-bond acceptors (Lipinski definition) is 2. The second kappa shape index (κ2) is 6.11. The van der Waals surface area contributed by atoms with E-state index in [0.29, 0.717) is 5.56 Å². The van der Waals surface area contributed by atoms with Crippen LogP contribution in [0, 0.1) is 11.6 Å². The summed E-state index contributed by atoms with van der Waals surface area (Å²) in [7, 11) is 0. The summed E-state index contributed by atoms with van der Waals surface area (Å²) < 4.78 is 27.5. The van der Waals surface area contributed by atoms with Gasteiger partial charge in [-0.3, -0.25) is 0 Å². The number of benzene rings is 1. The molecule has 0 aliphatic carbocycles. The predicted molar refractivity (Wildman–Crippen MR) is 79.5 cm³/mol. The molecule has 1 unspecified atom stereocenters. The smallest absolute Gasteiger partial charge is 0.138 e. The molecule has 0 saturated carbocycles. The lowest BCUT2D eigenvalue weighted by Gasteiger charge is -2.09. The normalized spacial score (nSPS) is 12.7. The third-order valence-electron chi connectivity index (χ3n) is 2.84. The Labute approximate surface area is 123 Å². The van der Waals surface area contributed by atoms with Crippen molar-refractivity contribution >= 4 is 27.3 Å². The molecular weight excluding hydrogens is 332 g/mol. The van der Waals surface area contributed by atoms with Gasteiger partial charge < -0.3 is 5.32 Å². The van der Waals surface area contributed by atoms with E-state index in [-0.39, 0.29) is 10.5 Å². The molecule has 1 aromatic carbocycles. The van der Waals surface area contributed by atoms with Crippen LogP contribution in [0.15, 0.2) is 28.7 Å². The Morgan fingerprint density at radius 1 is 1.26 bits per heavy atom. The molecule has 1 heterocycles. The zero-order chi connectivity index (χ0) is 14.0. The molecule has 0 spiro atoms. The maximum absolute atomic E-state index is 13.9. The number of nitrogens with one attached hydrogen (secondary N) is 1. The van der Waals surface area contributed by atoms with E-state index < -0.39 is 11.6 Å². The quantitative estimate of drug-likeness (QED) is 0.757. The topological polar surface area (TPSA) is 12.0 Å². The van der Waals surface area contributed by atoms with Gasteiger partial charge >= 0.3 is 0 Å². The molecule has 1 nitrogen and oxygen atoms in total. The molecule has 2 aromatic rings. The molecule has 5 heteroatoms. The molecule has 0 aliphatic rings. The first kappa shape index (κ1) is 14.6. The van der Waals surface area contributed by atoms with Crippen molar-refractivity contribution in [2.75, 3.05) is 6.54 Å². The maximum Gasteiger partial charge on any atom is 0.138 e. The van der Waals surface area contributed by atoms with Crippen molar-refractivity contribution in [1.29, 1.82) is 0 Å². The van der Waals surface area contributed by atoms with Gasteiger partial charge in [0.15, 0.2) is 0 Å². The molecule has 0 saturated heterocycles. The van der Waals surface area contributed by atoms with Crippen LogP contribution in [-0.4, -0.2) is 6.54 Å². The fourth-order valence-electron chi connectivity index (χ4n) is 1.85. The van der Waals surface area contributed by atoms with Crippen LogP contribution in [0.3, 0.4) is 0 Å². The third kappa shape index (κ3) is 3.22. The molecule has 0 bridgehead atoms. The molecule has 0 amide bonds. The minimum atomic E-state index is -0.453. The van der Waals surface area contributed by atoms with Gasteiger partial charge in [0.05, 0.1) is 4.47 Å². The van der Waals surface area contributed by atoms with Crippen molar-refractivity contribution in [3.63, 3.8) is 0 Å². The van der Waals surface area contributed by atoms with Crippen LogP contribution in [0.5, 0.6) is 0 Å². The van der Waals surface area contributed by atoms with Gasteiger partial charge in [0, 0.05) is 21.4 Å². The van der Waals surface area contributed by atoms with Crippen LogP contribution in [0.25, 0.3) is 10.4 Å². The van der Waals surface area contributed by atoms with E-state index >= 15 is 0 Å². The summed E-state index contributed by atoms with van der Waals surface area (Å²) >= 11 is 4.46. The summed E-state index contributed by atoms with van der Waals surface area (Å²) in [5, 5.41) is 3.30. The lowest BCUT2D eigenvalue weighted by atomic mass is 10.1. The molecule has 0 aliphatic heterocycles. The van der Waals surface area contributed by atoms with Gasteiger partial charge in [-0.2, -0.15) is 0 Å². The van der Waals surface area contributed by atoms with Crippen molar-refractivity contribution in [3.05, 3.63) is 45.2 Å². The molecule has 19 heavy (non-hydrogen) atoms. The number of thiophene rings is 1. The largest absolute Gasteiger partial charge is 0.310 e. The van der Waals surface area contributed by atoms with E-state index in [1.807, 2.05) is 19.1 Å². The van der Waals surface area contributed by atoms with Gasteiger partial charge in [0.2, 0.25) is 0 Å². The summed E-state index contributed by atoms with van der Waals surface area (Å²) in [6.07, 6.45) is 0. The van der Waals surface area contributed by atoms with Gasteiger partial charge in [-0.15, -0.1) is 11.3 Å². The van der Waals surface area contributed by atoms with Gasteiger partial charge in [-0.05, 0) is 53.7 Å². The summed E-state index contributed by atoms with van der Waals surface area (Å²) in [4.78, 5) is 1.85. The van der Waals surface area contributed by atoms with Crippen LogP contribution in [0.2, 0.25) is 0 Å². The van der Waals surface area contributed by atoms with Crippen molar-refractivity contribution < 1.29 is 8.78 Å². The highest BCUT2D eigenvalue weighted by Crippen LogP contribution is 2.34. The van der Waals surface area contributed by atoms with E-state index in [4.69, 9.17) is 0 Å². The van der Waals surface area contributed by atoms with E-state index in [1.54, 1.807) is 0 Å². The Morgan fingerprint density at radius 2 is 2.00 bits per heavy atom. The van der Waals surface area contributed by atoms with Gasteiger partial charge in [0.1, 0.15) is 11.6 Å². The highest BCUT2D eigenvalue weighted by molar-refractivity contribution is 9.10. The monoisotopic (exact) mass is 345 g/mol. The highest BCUT2D eigenvalue weighted by Gasteiger charge is 2.14. The summed E-state index contributed by atoms with van der Waals surface area (Å²) in [5.74, 6) is -0.871. The standard InChI is InChI=1S/C14H14BrF2NS/c1-3-18-8(2)13-4-5-14(19-13)9-6-12(17)10(15)7-11(9)16/h4-8,18H,3H2,1-2H3. The van der Waals surface area contributed by atoms with Gasteiger partial charge in [-0.1, -0.05) is 6.92 Å². The third-order valence-corrected chi connectivity index (χ3v) is 4.75. The van der Waals surface area contributed by atoms with E-state index in [2.05, 4.69) is 28.2 Å². The SMILES string of the molecule is CCNC(C)c1ccc(-c2cc(F)c(Br)cc2F)s1. The van der Waals surface area contributed by atoms with E-state index in [9.17, 15) is 8.78 Å². The lowest BCUT2D eigenvalue weighted by Crippen LogP contribution is -2.16. The fourth-order valence-corrected chi connectivity index (χ4v) is 3.22. The fraction of sp³-hybridized carbons (Fsp3) is 0.286. The Kier molecular flexibility index (Phi) is 4.71. The maximum atomic E-state index is 13.9. The Bertz CT molecular complexity index is 583. The predicted octanol–water partition coefficient (Wildman–Crippen LogP) is 5.13. The zero-order valence-electron chi connectivity index (χ0n) is 10.6. The molecule has 0 fully saturated rings. The molecule has 1 N–H and O–H groups in total. The minimum Gasteiger partial charge on any atom is -0.310 e. The zero-order valence-corrected chi connectivity index (χ0v) is 13.0. The average Bonchev–Trinajstić information content (AvgIpc) is 2.83. The van der Waals surface area contributed by atoms with Crippen LogP contribution >= 0.6 is 27.3 Å². The van der Waals surface area contributed by atoms with Crippen molar-refractivity contribution in [2.24, 2.45) is 0 Å². The van der Waals surface area contributed by atoms with Gasteiger partial charge in [0.25, 0.3) is 0 Å². The second-order valence-corrected chi connectivity index (χ2v) is 6.20. The first-order valence-electron chi connectivity index (χ1n) is 6.01. The minimum absolute atomic E-state index is 0.145. The van der Waals surface area contributed by atoms with Crippen LogP contribution in [0.1, 0.15) is 24.8 Å². The van der Waals surface area contributed by atoms with Crippen molar-refractivity contribution in [3.8, 4) is 10.4 Å². The van der Waals surface area contributed by atoms with Crippen molar-refractivity contribution in [2.45, 2.75) is 19.9 Å². The Morgan fingerprint density at radius 3 is 2.68 bits per heavy atom. The molecule has 0 radical (unpaired) electrons. The summed E-state index contributed by atoms with van der Waals surface area (Å²) in [6.45, 7) is 4.96. The Hall–Kier alpha value is -0.780. The van der Waals surface area contributed by atoms with Crippen LogP contribution in [0.4, 0.5) is 8.78 Å². The number of hydrogen-bond donors (Lipinski definition) is 1. The number of rotatable bonds is 4. The highest BCUT2D eigenvalue weighted by atomic mass is 79.9. The molecule has 1 atom stereocenters. The molecular formula is C14H14BrF2NS. The van der Waals surface area contributed by atoms with Gasteiger partial charge in [-0.25, -0.2) is 8.78 Å². The average molecular weight is 346 g/mol. The van der Waals surface area contributed by atoms with Crippen LogP contribution in [-0.2, 0) is 0 Å². The summed E-state index contributed by atoms with van der Waals surface area (Å²) in [5.41, 5.74) is 0.306. The van der Waals surface area contributed by atoms with E-state index in [0.717, 1.165) is 22.4 Å². The molecule has 102 valence electrons. The van der Waals surface area contributed by atoms with Crippen LogP contribution < -0.4 is 5.32 Å². The van der Waals surface area contributed by atoms with E-state index in [1.165, 1.54) is 17.4 Å².